The molecule has 1 saturated carbocycles. The van der Waals surface area contributed by atoms with Crippen LogP contribution in [0.4, 0.5) is 17.2 Å². The Morgan fingerprint density at radius 3 is 2.22 bits per heavy atom. The van der Waals surface area contributed by atoms with Crippen LogP contribution in [0.25, 0.3) is 11.1 Å². The van der Waals surface area contributed by atoms with E-state index in [9.17, 15) is 13.2 Å². The number of nitrogens with one attached hydrogen (secondary N) is 2. The van der Waals surface area contributed by atoms with Crippen molar-refractivity contribution < 1.29 is 13.2 Å². The maximum atomic E-state index is 12.4. The molecule has 0 aliphatic heterocycles. The van der Waals surface area contributed by atoms with Crippen molar-refractivity contribution in [2.45, 2.75) is 24.5 Å². The summed E-state index contributed by atoms with van der Waals surface area (Å²) >= 11 is 0. The number of anilines is 3. The average molecular weight is 452 g/mol. The number of hydrogen-bond donors (Lipinski definition) is 2. The molecule has 8 nitrogen and oxygen atoms in total. The van der Waals surface area contributed by atoms with Gasteiger partial charge in [-0.1, -0.05) is 12.1 Å². The van der Waals surface area contributed by atoms with Gasteiger partial charge in [0.2, 0.25) is 10.0 Å². The van der Waals surface area contributed by atoms with Gasteiger partial charge in [-0.05, 0) is 55.7 Å². The third-order valence-electron chi connectivity index (χ3n) is 5.50. The third kappa shape index (κ3) is 4.57. The zero-order valence-electron chi connectivity index (χ0n) is 18.2. The third-order valence-corrected chi connectivity index (χ3v) is 7.71. The highest BCUT2D eigenvalue weighted by Gasteiger charge is 2.50. The zero-order chi connectivity index (χ0) is 22.9. The molecule has 3 aromatic rings. The summed E-state index contributed by atoms with van der Waals surface area (Å²) in [7, 11) is 0.00730. The van der Waals surface area contributed by atoms with Gasteiger partial charge in [0.05, 0.1) is 28.5 Å². The topological polar surface area (TPSA) is 104 Å². The molecule has 1 fully saturated rings. The Morgan fingerprint density at radius 2 is 1.62 bits per heavy atom. The zero-order valence-corrected chi connectivity index (χ0v) is 19.0. The summed E-state index contributed by atoms with van der Waals surface area (Å²) in [6.07, 6.45) is 6.15. The lowest BCUT2D eigenvalue weighted by atomic mass is 10.1. The van der Waals surface area contributed by atoms with Crippen molar-refractivity contribution in [2.75, 3.05) is 24.1 Å². The fourth-order valence-corrected chi connectivity index (χ4v) is 4.44. The molecule has 0 spiro atoms. The van der Waals surface area contributed by atoms with Crippen LogP contribution in [-0.4, -0.2) is 48.0 Å². The van der Waals surface area contributed by atoms with Crippen LogP contribution in [0.15, 0.2) is 61.1 Å². The largest absolute Gasteiger partial charge is 0.345 e. The number of nitrogens with zero attached hydrogens (tertiary/aromatic N) is 3. The number of carbonyl (C=O) groups excluding carboxylic acids is 1. The van der Waals surface area contributed by atoms with E-state index in [4.69, 9.17) is 0 Å². The number of rotatable bonds is 7. The highest BCUT2D eigenvalue weighted by atomic mass is 32.2. The summed E-state index contributed by atoms with van der Waals surface area (Å²) in [6.45, 7) is 1.74. The van der Waals surface area contributed by atoms with Gasteiger partial charge in [0, 0.05) is 31.4 Å². The fourth-order valence-electron chi connectivity index (χ4n) is 3.14. The smallest absolute Gasteiger partial charge is 0.253 e. The lowest BCUT2D eigenvalue weighted by molar-refractivity contribution is 0.0827. The van der Waals surface area contributed by atoms with Crippen LogP contribution in [0.5, 0.6) is 0 Å². The van der Waals surface area contributed by atoms with Gasteiger partial charge in [-0.3, -0.25) is 14.5 Å². The lowest BCUT2D eigenvalue weighted by Gasteiger charge is -2.14. The summed E-state index contributed by atoms with van der Waals surface area (Å²) in [5, 5.41) is 3.14. The standard InChI is InChI=1S/C23H25N5O3S/c1-23(10-11-23)32(30,31)27-20-12-19(14-24-15-20)26-21-9-8-18(13-25-21)16-4-6-17(7-5-16)22(29)28(2)3/h4-9,12-15,27H,10-11H2,1-3H3,(H,25,26). The first kappa shape index (κ1) is 21.8. The second-order valence-corrected chi connectivity index (χ2v) is 10.5. The van der Waals surface area contributed by atoms with Gasteiger partial charge >= 0.3 is 0 Å². The van der Waals surface area contributed by atoms with Crippen LogP contribution < -0.4 is 10.0 Å². The van der Waals surface area contributed by atoms with E-state index in [1.807, 2.05) is 24.3 Å². The molecule has 1 aliphatic carbocycles. The SMILES string of the molecule is CN(C)C(=O)c1ccc(-c2ccc(Nc3cncc(NS(=O)(=O)C4(C)CC4)c3)nc2)cc1. The molecule has 0 unspecified atom stereocenters. The number of hydrogen-bond acceptors (Lipinski definition) is 6. The molecular formula is C23H25N5O3S. The van der Waals surface area contributed by atoms with Gasteiger partial charge in [0.25, 0.3) is 5.91 Å². The second kappa shape index (κ2) is 8.23. The highest BCUT2D eigenvalue weighted by molar-refractivity contribution is 7.94. The molecule has 4 rings (SSSR count). The van der Waals surface area contributed by atoms with Crippen molar-refractivity contribution in [3.8, 4) is 11.1 Å². The highest BCUT2D eigenvalue weighted by Crippen LogP contribution is 2.43. The molecule has 0 bridgehead atoms. The number of sulfonamides is 1. The van der Waals surface area contributed by atoms with Crippen LogP contribution in [0.2, 0.25) is 0 Å². The summed E-state index contributed by atoms with van der Waals surface area (Å²) < 4.78 is 26.8. The summed E-state index contributed by atoms with van der Waals surface area (Å²) in [5.41, 5.74) is 3.52. The maximum Gasteiger partial charge on any atom is 0.253 e. The molecule has 2 heterocycles. The van der Waals surface area contributed by atoms with E-state index in [0.717, 1.165) is 11.1 Å². The first-order chi connectivity index (χ1) is 15.2. The molecule has 0 atom stereocenters. The van der Waals surface area contributed by atoms with E-state index in [1.165, 1.54) is 11.1 Å². The average Bonchev–Trinajstić information content (AvgIpc) is 3.53. The summed E-state index contributed by atoms with van der Waals surface area (Å²) in [6, 6.07) is 12.8. The molecule has 2 N–H and O–H groups in total. The van der Waals surface area contributed by atoms with Gasteiger partial charge in [0.15, 0.2) is 0 Å². The van der Waals surface area contributed by atoms with E-state index in [2.05, 4.69) is 20.0 Å². The van der Waals surface area contributed by atoms with Gasteiger partial charge in [-0.15, -0.1) is 0 Å². The number of aromatic nitrogens is 2. The Kier molecular flexibility index (Phi) is 5.60. The Morgan fingerprint density at radius 1 is 0.969 bits per heavy atom. The lowest BCUT2D eigenvalue weighted by Crippen LogP contribution is -2.26. The van der Waals surface area contributed by atoms with Crippen molar-refractivity contribution in [3.63, 3.8) is 0 Å². The Bertz CT molecular complexity index is 1240. The minimum absolute atomic E-state index is 0.0430. The van der Waals surface area contributed by atoms with Crippen LogP contribution in [0.3, 0.4) is 0 Å². The fraction of sp³-hybridized carbons (Fsp3) is 0.261. The quantitative estimate of drug-likeness (QED) is 0.565. The molecule has 2 aromatic heterocycles. The number of amides is 1. The predicted octanol–water partition coefficient (Wildman–Crippen LogP) is 3.88. The van der Waals surface area contributed by atoms with Crippen LogP contribution in [-0.2, 0) is 10.0 Å². The molecule has 0 radical (unpaired) electrons. The van der Waals surface area contributed by atoms with Gasteiger partial charge in [0.1, 0.15) is 5.82 Å². The Hall–Kier alpha value is -3.46. The molecule has 1 aliphatic rings. The second-order valence-electron chi connectivity index (χ2n) is 8.35. The molecule has 166 valence electrons. The number of pyridine rings is 2. The van der Waals surface area contributed by atoms with E-state index >= 15 is 0 Å². The first-order valence-electron chi connectivity index (χ1n) is 10.2. The normalized spacial score (nSPS) is 14.5. The van der Waals surface area contributed by atoms with E-state index in [0.29, 0.717) is 35.6 Å². The Labute approximate surface area is 187 Å². The predicted molar refractivity (Wildman–Crippen MR) is 125 cm³/mol. The molecular weight excluding hydrogens is 426 g/mol. The van der Waals surface area contributed by atoms with Crippen LogP contribution >= 0.6 is 0 Å². The Balaban J connectivity index is 1.45. The first-order valence-corrected chi connectivity index (χ1v) is 11.7. The van der Waals surface area contributed by atoms with E-state index in [-0.39, 0.29) is 5.91 Å². The minimum Gasteiger partial charge on any atom is -0.345 e. The molecule has 9 heteroatoms. The molecule has 32 heavy (non-hydrogen) atoms. The van der Waals surface area contributed by atoms with E-state index < -0.39 is 14.8 Å². The van der Waals surface area contributed by atoms with Gasteiger partial charge < -0.3 is 10.2 Å². The maximum absolute atomic E-state index is 12.4. The van der Waals surface area contributed by atoms with Crippen LogP contribution in [0, 0.1) is 0 Å². The molecule has 0 saturated heterocycles. The van der Waals surface area contributed by atoms with Gasteiger partial charge in [-0.25, -0.2) is 13.4 Å². The van der Waals surface area contributed by atoms with E-state index in [1.54, 1.807) is 51.6 Å². The van der Waals surface area contributed by atoms with Gasteiger partial charge in [-0.2, -0.15) is 0 Å². The van der Waals surface area contributed by atoms with Crippen molar-refractivity contribution in [1.82, 2.24) is 14.9 Å². The van der Waals surface area contributed by atoms with Crippen molar-refractivity contribution >= 4 is 33.1 Å². The summed E-state index contributed by atoms with van der Waals surface area (Å²) in [5.74, 6) is 0.558. The van der Waals surface area contributed by atoms with Crippen molar-refractivity contribution in [3.05, 3.63) is 66.6 Å². The van der Waals surface area contributed by atoms with Crippen molar-refractivity contribution in [2.24, 2.45) is 0 Å². The minimum atomic E-state index is -3.44. The number of carbonyl (C=O) groups is 1. The number of benzene rings is 1. The summed E-state index contributed by atoms with van der Waals surface area (Å²) in [4.78, 5) is 22.1. The van der Waals surface area contributed by atoms with Crippen molar-refractivity contribution in [1.29, 1.82) is 0 Å². The molecule has 1 amide bonds. The van der Waals surface area contributed by atoms with Crippen LogP contribution in [0.1, 0.15) is 30.1 Å². The monoisotopic (exact) mass is 451 g/mol. The molecule has 1 aromatic carbocycles.